The molecule has 6 nitrogen and oxygen atoms in total. The second-order valence-corrected chi connectivity index (χ2v) is 4.48. The summed E-state index contributed by atoms with van der Waals surface area (Å²) >= 11 is 7.25. The molecule has 8 heteroatoms. The number of aliphatic hydroxyl groups excluding tert-OH is 1. The number of nitrogens with zero attached hydrogens (tertiary/aromatic N) is 2. The van der Waals surface area contributed by atoms with Gasteiger partial charge in [-0.25, -0.2) is 9.88 Å². The lowest BCUT2D eigenvalue weighted by atomic mass is 10.5. The summed E-state index contributed by atoms with van der Waals surface area (Å²) in [4.78, 5) is 16.3. The van der Waals surface area contributed by atoms with Crippen molar-refractivity contribution in [3.63, 3.8) is 0 Å². The van der Waals surface area contributed by atoms with E-state index in [4.69, 9.17) is 21.1 Å². The highest BCUT2D eigenvalue weighted by Crippen LogP contribution is 2.34. The monoisotopic (exact) mass is 287 g/mol. The number of nitrogens with one attached hydrogen (secondary N) is 1. The Balaban J connectivity index is 2.24. The maximum Gasteiger partial charge on any atom is 0.222 e. The predicted molar refractivity (Wildman–Crippen MR) is 69.6 cm³/mol. The van der Waals surface area contributed by atoms with Gasteiger partial charge in [-0.1, -0.05) is 11.6 Å². The first-order chi connectivity index (χ1) is 8.76. The lowest BCUT2D eigenvalue weighted by Gasteiger charge is -2.09. The van der Waals surface area contributed by atoms with E-state index in [1.54, 1.807) is 11.6 Å². The van der Waals surface area contributed by atoms with Crippen LogP contribution in [-0.4, -0.2) is 29.7 Å². The number of carbonyl (C=O) groups is 1. The topological polar surface area (TPSA) is 78.6 Å². The molecular formula is C10H10ClN3O3S. The van der Waals surface area contributed by atoms with E-state index >= 15 is 0 Å². The molecule has 2 aromatic rings. The van der Waals surface area contributed by atoms with Crippen LogP contribution in [0.4, 0.5) is 16.9 Å². The molecule has 1 amide bonds. The maximum absolute atomic E-state index is 11.1. The van der Waals surface area contributed by atoms with Crippen LogP contribution in [0, 0.1) is 0 Å². The second kappa shape index (κ2) is 5.85. The van der Waals surface area contributed by atoms with E-state index in [0.717, 1.165) is 0 Å². The Bertz CT molecular complexity index is 514. The number of furan rings is 1. The molecule has 0 saturated heterocycles. The molecule has 0 bridgehead atoms. The van der Waals surface area contributed by atoms with E-state index < -0.39 is 0 Å². The van der Waals surface area contributed by atoms with Gasteiger partial charge in [0.2, 0.25) is 18.2 Å². The molecule has 2 rings (SSSR count). The van der Waals surface area contributed by atoms with Gasteiger partial charge in [-0.2, -0.15) is 0 Å². The number of aliphatic hydroxyl groups is 1. The Kier molecular flexibility index (Phi) is 4.19. The average molecular weight is 288 g/mol. The number of anilines is 3. The third-order valence-corrected chi connectivity index (χ3v) is 3.09. The molecule has 0 atom stereocenters. The smallest absolute Gasteiger partial charge is 0.222 e. The molecule has 0 aliphatic rings. The molecule has 0 aliphatic carbocycles. The number of aromatic nitrogens is 1. The molecule has 0 unspecified atom stereocenters. The van der Waals surface area contributed by atoms with Crippen molar-refractivity contribution >= 4 is 46.2 Å². The van der Waals surface area contributed by atoms with E-state index in [-0.39, 0.29) is 12.5 Å². The lowest BCUT2D eigenvalue weighted by molar-refractivity contribution is -0.107. The van der Waals surface area contributed by atoms with Crippen molar-refractivity contribution in [3.8, 4) is 0 Å². The highest BCUT2D eigenvalue weighted by atomic mass is 35.5. The lowest BCUT2D eigenvalue weighted by Crippen LogP contribution is -2.12. The molecule has 2 aromatic heterocycles. The van der Waals surface area contributed by atoms with Crippen LogP contribution < -0.4 is 10.2 Å². The first-order valence-corrected chi connectivity index (χ1v) is 6.30. The van der Waals surface area contributed by atoms with Crippen LogP contribution in [-0.2, 0) is 4.79 Å². The van der Waals surface area contributed by atoms with E-state index in [0.29, 0.717) is 29.0 Å². The summed E-state index contributed by atoms with van der Waals surface area (Å²) in [6, 6.07) is 1.51. The number of rotatable bonds is 6. The quantitative estimate of drug-likeness (QED) is 0.795. The molecule has 0 fully saturated rings. The third kappa shape index (κ3) is 2.63. The summed E-state index contributed by atoms with van der Waals surface area (Å²) < 4.78 is 5.40. The molecule has 0 spiro atoms. The summed E-state index contributed by atoms with van der Waals surface area (Å²) in [5.41, 5.74) is 0. The van der Waals surface area contributed by atoms with Gasteiger partial charge in [0.05, 0.1) is 6.61 Å². The SMILES string of the molecule is O=CN(c1cc(Cl)c(NCCO)o1)c1nccs1. The van der Waals surface area contributed by atoms with Gasteiger partial charge in [0.1, 0.15) is 5.02 Å². The highest BCUT2D eigenvalue weighted by molar-refractivity contribution is 7.13. The van der Waals surface area contributed by atoms with Crippen LogP contribution in [0.25, 0.3) is 0 Å². The fraction of sp³-hybridized carbons (Fsp3) is 0.200. The first-order valence-electron chi connectivity index (χ1n) is 5.04. The minimum atomic E-state index is -0.0454. The van der Waals surface area contributed by atoms with Crippen LogP contribution in [0.3, 0.4) is 0 Å². The third-order valence-electron chi connectivity index (χ3n) is 2.04. The molecular weight excluding hydrogens is 278 g/mol. The van der Waals surface area contributed by atoms with Crippen LogP contribution in [0.1, 0.15) is 0 Å². The molecule has 0 saturated carbocycles. The minimum absolute atomic E-state index is 0.0454. The molecule has 18 heavy (non-hydrogen) atoms. The largest absolute Gasteiger partial charge is 0.423 e. The number of amides is 1. The summed E-state index contributed by atoms with van der Waals surface area (Å²) in [5, 5.41) is 14.1. The highest BCUT2D eigenvalue weighted by Gasteiger charge is 2.17. The van der Waals surface area contributed by atoms with Crippen molar-refractivity contribution in [3.05, 3.63) is 22.7 Å². The van der Waals surface area contributed by atoms with E-state index in [9.17, 15) is 4.79 Å². The van der Waals surface area contributed by atoms with Gasteiger partial charge in [0.25, 0.3) is 0 Å². The normalized spacial score (nSPS) is 10.3. The van der Waals surface area contributed by atoms with Crippen molar-refractivity contribution in [2.24, 2.45) is 0 Å². The van der Waals surface area contributed by atoms with Crippen LogP contribution in [0.2, 0.25) is 5.02 Å². The van der Waals surface area contributed by atoms with Crippen molar-refractivity contribution in [1.82, 2.24) is 4.98 Å². The number of halogens is 1. The van der Waals surface area contributed by atoms with E-state index in [2.05, 4.69) is 10.3 Å². The number of thiazole rings is 1. The Labute approximate surface area is 112 Å². The van der Waals surface area contributed by atoms with Gasteiger partial charge in [0.15, 0.2) is 5.13 Å². The van der Waals surface area contributed by atoms with Crippen LogP contribution >= 0.6 is 22.9 Å². The summed E-state index contributed by atoms with van der Waals surface area (Å²) in [6.45, 7) is 0.265. The standard InChI is InChI=1S/C10H10ClN3O3S/c11-7-5-8(17-9(7)12-1-3-15)14(6-16)10-13-2-4-18-10/h2,4-6,12,15H,1,3H2. The summed E-state index contributed by atoms with van der Waals surface area (Å²) in [5.74, 6) is 0.578. The molecule has 0 aromatic carbocycles. The van der Waals surface area contributed by atoms with Crippen molar-refractivity contribution < 1.29 is 14.3 Å². The second-order valence-electron chi connectivity index (χ2n) is 3.20. The average Bonchev–Trinajstić information content (AvgIpc) is 2.99. The molecule has 2 N–H and O–H groups in total. The molecule has 2 heterocycles. The fourth-order valence-electron chi connectivity index (χ4n) is 1.29. The zero-order valence-electron chi connectivity index (χ0n) is 9.17. The van der Waals surface area contributed by atoms with Crippen LogP contribution in [0.15, 0.2) is 22.1 Å². The van der Waals surface area contributed by atoms with Gasteiger partial charge in [0, 0.05) is 24.2 Å². The van der Waals surface area contributed by atoms with Gasteiger partial charge in [-0.3, -0.25) is 4.79 Å². The van der Waals surface area contributed by atoms with Gasteiger partial charge in [-0.15, -0.1) is 11.3 Å². The molecule has 96 valence electrons. The summed E-state index contributed by atoms with van der Waals surface area (Å²) in [7, 11) is 0. The van der Waals surface area contributed by atoms with Gasteiger partial charge < -0.3 is 14.8 Å². The zero-order chi connectivity index (χ0) is 13.0. The number of carbonyl (C=O) groups excluding carboxylic acids is 1. The van der Waals surface area contributed by atoms with Gasteiger partial charge >= 0.3 is 0 Å². The minimum Gasteiger partial charge on any atom is -0.423 e. The predicted octanol–water partition coefficient (Wildman–Crippen LogP) is 2.09. The number of hydrogen-bond donors (Lipinski definition) is 2. The first kappa shape index (κ1) is 12.9. The van der Waals surface area contributed by atoms with Crippen molar-refractivity contribution in [2.75, 3.05) is 23.4 Å². The van der Waals surface area contributed by atoms with E-state index in [1.807, 2.05) is 0 Å². The zero-order valence-corrected chi connectivity index (χ0v) is 10.7. The fourth-order valence-corrected chi connectivity index (χ4v) is 2.10. The molecule has 0 radical (unpaired) electrons. The Hall–Kier alpha value is -1.57. The number of hydrogen-bond acceptors (Lipinski definition) is 6. The van der Waals surface area contributed by atoms with Crippen molar-refractivity contribution in [1.29, 1.82) is 0 Å². The Morgan fingerprint density at radius 1 is 1.67 bits per heavy atom. The van der Waals surface area contributed by atoms with E-state index in [1.165, 1.54) is 22.3 Å². The molecule has 0 aliphatic heterocycles. The van der Waals surface area contributed by atoms with Crippen molar-refractivity contribution in [2.45, 2.75) is 0 Å². The van der Waals surface area contributed by atoms with Gasteiger partial charge in [-0.05, 0) is 0 Å². The maximum atomic E-state index is 11.1. The Morgan fingerprint density at radius 3 is 3.11 bits per heavy atom. The van der Waals surface area contributed by atoms with Crippen LogP contribution in [0.5, 0.6) is 0 Å². The Morgan fingerprint density at radius 2 is 2.50 bits per heavy atom. The summed E-state index contributed by atoms with van der Waals surface area (Å²) in [6.07, 6.45) is 2.19.